The fourth-order valence-corrected chi connectivity index (χ4v) is 5.13. The Morgan fingerprint density at radius 3 is 2.56 bits per heavy atom. The average molecular weight is 441 g/mol. The number of rotatable bonds is 2. The van der Waals surface area contributed by atoms with Crippen molar-refractivity contribution in [2.24, 2.45) is 0 Å². The van der Waals surface area contributed by atoms with E-state index in [1.54, 1.807) is 4.57 Å². The molecular weight excluding hydrogens is 420 g/mol. The maximum Gasteiger partial charge on any atom is 0.260 e. The fourth-order valence-electron chi connectivity index (χ4n) is 4.85. The number of aromatic hydroxyl groups is 1. The summed E-state index contributed by atoms with van der Waals surface area (Å²) in [5, 5.41) is 17.9. The highest BCUT2D eigenvalue weighted by molar-refractivity contribution is 7.71. The van der Waals surface area contributed by atoms with Gasteiger partial charge in [0.1, 0.15) is 5.56 Å². The lowest BCUT2D eigenvalue weighted by Crippen LogP contribution is -2.35. The Balaban J connectivity index is 1.62. The average Bonchev–Trinajstić information content (AvgIpc) is 3.19. The zero-order chi connectivity index (χ0) is 21.8. The minimum Gasteiger partial charge on any atom is -0.494 e. The van der Waals surface area contributed by atoms with Gasteiger partial charge < -0.3 is 15.4 Å². The Labute approximate surface area is 188 Å². The summed E-state index contributed by atoms with van der Waals surface area (Å²) in [7, 11) is 0. The Morgan fingerprint density at radius 2 is 1.69 bits per heavy atom. The monoisotopic (exact) mass is 440 g/mol. The van der Waals surface area contributed by atoms with E-state index in [0.717, 1.165) is 39.5 Å². The maximum absolute atomic E-state index is 13.1. The van der Waals surface area contributed by atoms with Gasteiger partial charge in [-0.25, -0.2) is 0 Å². The highest BCUT2D eigenvalue weighted by Crippen LogP contribution is 2.36. The van der Waals surface area contributed by atoms with E-state index in [-0.39, 0.29) is 16.2 Å². The molecule has 0 fully saturated rings. The number of hydrogen-bond donors (Lipinski definition) is 4. The standard InChI is InChI=1S/C25H20N4O2S/c30-23-20(22-21-17(12-13-26-22)16-9-3-4-10-18(16)27-21)24(31)29(25(32)28-23)19-11-5-7-14-6-1-2-8-15(14)19/h1-11,22,26-27,31H,12-13H2,(H,28,30,32)/t22-/m1/s1. The molecule has 158 valence electrons. The number of aromatic nitrogens is 3. The van der Waals surface area contributed by atoms with Gasteiger partial charge in [-0.3, -0.25) is 14.3 Å². The van der Waals surface area contributed by atoms with E-state index in [1.807, 2.05) is 60.7 Å². The predicted molar refractivity (Wildman–Crippen MR) is 128 cm³/mol. The number of para-hydroxylation sites is 1. The van der Waals surface area contributed by atoms with Crippen molar-refractivity contribution in [3.05, 3.63) is 98.7 Å². The van der Waals surface area contributed by atoms with Crippen molar-refractivity contribution in [1.29, 1.82) is 0 Å². The van der Waals surface area contributed by atoms with Gasteiger partial charge in [-0.15, -0.1) is 0 Å². The summed E-state index contributed by atoms with van der Waals surface area (Å²) in [4.78, 5) is 19.3. The number of aromatic amines is 2. The van der Waals surface area contributed by atoms with E-state index in [2.05, 4.69) is 21.4 Å². The molecule has 0 spiro atoms. The van der Waals surface area contributed by atoms with Crippen molar-refractivity contribution in [3.63, 3.8) is 0 Å². The number of benzene rings is 3. The van der Waals surface area contributed by atoms with Crippen LogP contribution in [0.1, 0.15) is 22.9 Å². The SMILES string of the molecule is O=c1[nH]c(=S)n(-c2cccc3ccccc23)c(O)c1[C@H]1NCCc2c1[nH]c1ccccc21. The van der Waals surface area contributed by atoms with Gasteiger partial charge in [0.15, 0.2) is 4.77 Å². The van der Waals surface area contributed by atoms with Gasteiger partial charge >= 0.3 is 0 Å². The number of hydrogen-bond acceptors (Lipinski definition) is 4. The molecule has 0 bridgehead atoms. The number of fused-ring (bicyclic) bond motifs is 4. The molecule has 0 aliphatic carbocycles. The van der Waals surface area contributed by atoms with E-state index < -0.39 is 11.6 Å². The highest BCUT2D eigenvalue weighted by Gasteiger charge is 2.31. The third-order valence-corrected chi connectivity index (χ3v) is 6.56. The van der Waals surface area contributed by atoms with E-state index >= 15 is 0 Å². The summed E-state index contributed by atoms with van der Waals surface area (Å²) in [5.41, 5.74) is 3.66. The van der Waals surface area contributed by atoms with Gasteiger partial charge in [0.05, 0.1) is 11.7 Å². The minimum atomic E-state index is -0.480. The van der Waals surface area contributed by atoms with Crippen LogP contribution in [0.2, 0.25) is 0 Å². The lowest BCUT2D eigenvalue weighted by atomic mass is 9.95. The molecule has 4 N–H and O–H groups in total. The van der Waals surface area contributed by atoms with Crippen LogP contribution in [0.5, 0.6) is 5.88 Å². The van der Waals surface area contributed by atoms with Crippen molar-refractivity contribution >= 4 is 33.9 Å². The second-order valence-electron chi connectivity index (χ2n) is 8.03. The van der Waals surface area contributed by atoms with Crippen LogP contribution in [-0.4, -0.2) is 26.2 Å². The quantitative estimate of drug-likeness (QED) is 0.305. The van der Waals surface area contributed by atoms with Crippen LogP contribution in [0, 0.1) is 4.77 Å². The molecule has 0 amide bonds. The molecule has 1 aliphatic heterocycles. The molecule has 7 heteroatoms. The van der Waals surface area contributed by atoms with Gasteiger partial charge in [-0.1, -0.05) is 54.6 Å². The van der Waals surface area contributed by atoms with Crippen molar-refractivity contribution in [2.45, 2.75) is 12.5 Å². The van der Waals surface area contributed by atoms with Crippen LogP contribution in [0.15, 0.2) is 71.5 Å². The molecule has 1 atom stereocenters. The molecule has 32 heavy (non-hydrogen) atoms. The second-order valence-corrected chi connectivity index (χ2v) is 8.42. The lowest BCUT2D eigenvalue weighted by molar-refractivity contribution is 0.412. The first-order valence-electron chi connectivity index (χ1n) is 10.5. The molecule has 6 rings (SSSR count). The molecule has 3 heterocycles. The summed E-state index contributed by atoms with van der Waals surface area (Å²) >= 11 is 5.48. The zero-order valence-corrected chi connectivity index (χ0v) is 17.9. The van der Waals surface area contributed by atoms with Crippen molar-refractivity contribution in [2.75, 3.05) is 6.54 Å². The van der Waals surface area contributed by atoms with Crippen molar-refractivity contribution < 1.29 is 5.11 Å². The van der Waals surface area contributed by atoms with Crippen LogP contribution < -0.4 is 10.9 Å². The number of nitrogens with one attached hydrogen (secondary N) is 3. The first kappa shape index (κ1) is 19.0. The van der Waals surface area contributed by atoms with Crippen LogP contribution in [-0.2, 0) is 6.42 Å². The van der Waals surface area contributed by atoms with Crippen molar-refractivity contribution in [1.82, 2.24) is 19.9 Å². The maximum atomic E-state index is 13.1. The molecule has 1 aliphatic rings. The van der Waals surface area contributed by atoms with Crippen LogP contribution in [0.3, 0.4) is 0 Å². The van der Waals surface area contributed by atoms with E-state index in [0.29, 0.717) is 6.54 Å². The molecule has 5 aromatic rings. The first-order valence-corrected chi connectivity index (χ1v) is 10.9. The molecule has 6 nitrogen and oxygen atoms in total. The van der Waals surface area contributed by atoms with Gasteiger partial charge in [0.25, 0.3) is 5.56 Å². The normalized spacial score (nSPS) is 15.8. The van der Waals surface area contributed by atoms with Gasteiger partial charge in [-0.05, 0) is 41.7 Å². The summed E-state index contributed by atoms with van der Waals surface area (Å²) in [6, 6.07) is 21.3. The van der Waals surface area contributed by atoms with Crippen molar-refractivity contribution in [3.8, 4) is 11.6 Å². The molecule has 0 saturated carbocycles. The van der Waals surface area contributed by atoms with Gasteiger partial charge in [0, 0.05) is 28.5 Å². The van der Waals surface area contributed by atoms with Gasteiger partial charge in [-0.2, -0.15) is 0 Å². The Hall–Kier alpha value is -3.68. The Morgan fingerprint density at radius 1 is 0.938 bits per heavy atom. The van der Waals surface area contributed by atoms with Crippen LogP contribution in [0.25, 0.3) is 27.4 Å². The first-order chi connectivity index (χ1) is 15.6. The Kier molecular flexibility index (Phi) is 4.28. The molecular formula is C25H20N4O2S. The van der Waals surface area contributed by atoms with E-state index in [9.17, 15) is 9.90 Å². The predicted octanol–water partition coefficient (Wildman–Crippen LogP) is 4.47. The van der Waals surface area contributed by atoms with Crippen LogP contribution in [0.4, 0.5) is 0 Å². The molecule has 3 aromatic carbocycles. The summed E-state index contributed by atoms with van der Waals surface area (Å²) in [5.74, 6) is -0.154. The largest absolute Gasteiger partial charge is 0.494 e. The summed E-state index contributed by atoms with van der Waals surface area (Å²) in [6.07, 6.45) is 0.844. The lowest BCUT2D eigenvalue weighted by Gasteiger charge is -2.26. The van der Waals surface area contributed by atoms with Crippen LogP contribution >= 0.6 is 12.2 Å². The van der Waals surface area contributed by atoms with Gasteiger partial charge in [0.2, 0.25) is 5.88 Å². The number of nitrogens with zero attached hydrogens (tertiary/aromatic N) is 1. The highest BCUT2D eigenvalue weighted by atomic mass is 32.1. The van der Waals surface area contributed by atoms with E-state index in [4.69, 9.17) is 12.2 Å². The molecule has 0 saturated heterocycles. The Bertz CT molecular complexity index is 1620. The second kappa shape index (κ2) is 7.19. The number of H-pyrrole nitrogens is 2. The molecule has 2 aromatic heterocycles. The molecule has 0 radical (unpaired) electrons. The van der Waals surface area contributed by atoms with E-state index in [1.165, 1.54) is 5.56 Å². The third kappa shape index (κ3) is 2.75. The minimum absolute atomic E-state index is 0.153. The zero-order valence-electron chi connectivity index (χ0n) is 17.1. The molecule has 0 unspecified atom stereocenters. The summed E-state index contributed by atoms with van der Waals surface area (Å²) in [6.45, 7) is 0.697. The third-order valence-electron chi connectivity index (χ3n) is 6.28. The fraction of sp³-hybridized carbons (Fsp3) is 0.120. The topological polar surface area (TPSA) is 85.8 Å². The smallest absolute Gasteiger partial charge is 0.260 e. The summed E-state index contributed by atoms with van der Waals surface area (Å²) < 4.78 is 1.70.